The number of nitrogens with one attached hydrogen (secondary N) is 1. The highest BCUT2D eigenvalue weighted by molar-refractivity contribution is 5.75. The van der Waals surface area contributed by atoms with Crippen LogP contribution >= 0.6 is 0 Å². The van der Waals surface area contributed by atoms with Gasteiger partial charge in [0, 0.05) is 30.9 Å². The van der Waals surface area contributed by atoms with Crippen LogP contribution in [-0.4, -0.2) is 41.6 Å². The monoisotopic (exact) mass is 263 g/mol. The van der Waals surface area contributed by atoms with Crippen molar-refractivity contribution in [3.8, 4) is 0 Å². The topological polar surface area (TPSA) is 82.5 Å². The minimum absolute atomic E-state index is 0.0169. The summed E-state index contributed by atoms with van der Waals surface area (Å²) >= 11 is 0. The van der Waals surface area contributed by atoms with Gasteiger partial charge in [-0.25, -0.2) is 9.78 Å². The number of aromatic nitrogens is 1. The summed E-state index contributed by atoms with van der Waals surface area (Å²) in [5.41, 5.74) is 1.54. The van der Waals surface area contributed by atoms with E-state index in [0.29, 0.717) is 5.56 Å². The van der Waals surface area contributed by atoms with Crippen LogP contribution in [0.3, 0.4) is 0 Å². The highest BCUT2D eigenvalue weighted by Crippen LogP contribution is 2.21. The summed E-state index contributed by atoms with van der Waals surface area (Å²) in [5, 5.41) is 11.2. The van der Waals surface area contributed by atoms with Gasteiger partial charge >= 0.3 is 6.09 Å². The van der Waals surface area contributed by atoms with Crippen molar-refractivity contribution in [1.29, 1.82) is 0 Å². The highest BCUT2D eigenvalue weighted by Gasteiger charge is 2.22. The fourth-order valence-electron chi connectivity index (χ4n) is 2.40. The fourth-order valence-corrected chi connectivity index (χ4v) is 2.40. The van der Waals surface area contributed by atoms with Crippen LogP contribution in [-0.2, 0) is 0 Å². The first-order valence-corrected chi connectivity index (χ1v) is 6.26. The van der Waals surface area contributed by atoms with E-state index in [1.54, 1.807) is 6.20 Å². The second-order valence-corrected chi connectivity index (χ2v) is 4.74. The summed E-state index contributed by atoms with van der Waals surface area (Å²) < 4.78 is 0. The standard InChI is InChI=1S/C13H17N3O3/c1-9-6-10(8-17)7-14-12(9)16-4-2-11(3-5-16)15-13(18)19/h6-8,11,15H,2-5H2,1H3,(H,18,19). The highest BCUT2D eigenvalue weighted by atomic mass is 16.4. The molecule has 0 aromatic carbocycles. The van der Waals surface area contributed by atoms with Crippen LogP contribution in [0, 0.1) is 6.92 Å². The molecule has 2 N–H and O–H groups in total. The Kier molecular flexibility index (Phi) is 3.99. The number of anilines is 1. The molecule has 6 nitrogen and oxygen atoms in total. The fraction of sp³-hybridized carbons (Fsp3) is 0.462. The molecule has 1 aliphatic rings. The number of rotatable bonds is 3. The zero-order chi connectivity index (χ0) is 13.8. The Hall–Kier alpha value is -2.11. The number of carbonyl (C=O) groups excluding carboxylic acids is 1. The maximum absolute atomic E-state index is 10.7. The predicted molar refractivity (Wildman–Crippen MR) is 70.8 cm³/mol. The second kappa shape index (κ2) is 5.69. The SMILES string of the molecule is Cc1cc(C=O)cnc1N1CCC(NC(=O)O)CC1. The van der Waals surface area contributed by atoms with Crippen molar-refractivity contribution in [3.05, 3.63) is 23.4 Å². The lowest BCUT2D eigenvalue weighted by Crippen LogP contribution is -2.44. The number of aldehydes is 1. The number of nitrogens with zero attached hydrogens (tertiary/aromatic N) is 2. The van der Waals surface area contributed by atoms with Crippen molar-refractivity contribution in [2.75, 3.05) is 18.0 Å². The van der Waals surface area contributed by atoms with Gasteiger partial charge in [0.1, 0.15) is 5.82 Å². The Balaban J connectivity index is 2.01. The average molecular weight is 263 g/mol. The Morgan fingerprint density at radius 1 is 1.53 bits per heavy atom. The third-order valence-corrected chi connectivity index (χ3v) is 3.33. The zero-order valence-electron chi connectivity index (χ0n) is 10.8. The van der Waals surface area contributed by atoms with Gasteiger partial charge in [-0.3, -0.25) is 4.79 Å². The number of hydrogen-bond donors (Lipinski definition) is 2. The molecule has 1 aromatic heterocycles. The molecule has 0 bridgehead atoms. The van der Waals surface area contributed by atoms with Gasteiger partial charge in [-0.1, -0.05) is 0 Å². The molecular weight excluding hydrogens is 246 g/mol. The van der Waals surface area contributed by atoms with Crippen LogP contribution in [0.1, 0.15) is 28.8 Å². The normalized spacial score (nSPS) is 16.2. The van der Waals surface area contributed by atoms with Crippen LogP contribution in [0.25, 0.3) is 0 Å². The van der Waals surface area contributed by atoms with Crippen molar-refractivity contribution in [2.24, 2.45) is 0 Å². The van der Waals surface area contributed by atoms with Gasteiger partial charge in [0.15, 0.2) is 6.29 Å². The van der Waals surface area contributed by atoms with Gasteiger partial charge in [-0.05, 0) is 31.4 Å². The average Bonchev–Trinajstić information content (AvgIpc) is 2.39. The van der Waals surface area contributed by atoms with E-state index in [2.05, 4.69) is 15.2 Å². The lowest BCUT2D eigenvalue weighted by molar-refractivity contribution is 0.112. The van der Waals surface area contributed by atoms with Crippen molar-refractivity contribution in [1.82, 2.24) is 10.3 Å². The molecule has 0 aliphatic carbocycles. The molecule has 1 aliphatic heterocycles. The van der Waals surface area contributed by atoms with E-state index in [0.717, 1.165) is 43.6 Å². The Morgan fingerprint density at radius 2 is 2.21 bits per heavy atom. The second-order valence-electron chi connectivity index (χ2n) is 4.74. The van der Waals surface area contributed by atoms with Crippen molar-refractivity contribution >= 4 is 18.2 Å². The molecule has 0 radical (unpaired) electrons. The van der Waals surface area contributed by atoms with Crippen LogP contribution < -0.4 is 10.2 Å². The first-order valence-electron chi connectivity index (χ1n) is 6.26. The van der Waals surface area contributed by atoms with Crippen molar-refractivity contribution in [3.63, 3.8) is 0 Å². The summed E-state index contributed by atoms with van der Waals surface area (Å²) in [6, 6.07) is 1.83. The lowest BCUT2D eigenvalue weighted by atomic mass is 10.0. The molecule has 0 saturated carbocycles. The van der Waals surface area contributed by atoms with Gasteiger partial charge in [-0.15, -0.1) is 0 Å². The zero-order valence-corrected chi connectivity index (χ0v) is 10.8. The Bertz CT molecular complexity index is 482. The van der Waals surface area contributed by atoms with Gasteiger partial charge in [0.05, 0.1) is 0 Å². The maximum Gasteiger partial charge on any atom is 0.404 e. The molecule has 0 atom stereocenters. The van der Waals surface area contributed by atoms with Gasteiger partial charge < -0.3 is 15.3 Å². The summed E-state index contributed by atoms with van der Waals surface area (Å²) in [5.74, 6) is 0.874. The molecule has 0 unspecified atom stereocenters. The van der Waals surface area contributed by atoms with E-state index >= 15 is 0 Å². The van der Waals surface area contributed by atoms with E-state index in [4.69, 9.17) is 5.11 Å². The number of carboxylic acid groups (broad SMARTS) is 1. The van der Waals surface area contributed by atoms with E-state index < -0.39 is 6.09 Å². The third-order valence-electron chi connectivity index (χ3n) is 3.33. The van der Waals surface area contributed by atoms with Gasteiger partial charge in [0.2, 0.25) is 0 Å². The van der Waals surface area contributed by atoms with Crippen molar-refractivity contribution < 1.29 is 14.7 Å². The summed E-state index contributed by atoms with van der Waals surface area (Å²) in [4.78, 5) is 27.7. The first-order chi connectivity index (χ1) is 9.10. The molecule has 1 fully saturated rings. The van der Waals surface area contributed by atoms with E-state index in [1.807, 2.05) is 13.0 Å². The molecule has 1 aromatic rings. The van der Waals surface area contributed by atoms with Gasteiger partial charge in [-0.2, -0.15) is 0 Å². The number of hydrogen-bond acceptors (Lipinski definition) is 4. The largest absolute Gasteiger partial charge is 0.465 e. The minimum Gasteiger partial charge on any atom is -0.465 e. The Morgan fingerprint density at radius 3 is 2.74 bits per heavy atom. The summed E-state index contributed by atoms with van der Waals surface area (Å²) in [6.07, 6.45) is 2.91. The van der Waals surface area contributed by atoms with Gasteiger partial charge in [0.25, 0.3) is 0 Å². The van der Waals surface area contributed by atoms with Crippen molar-refractivity contribution in [2.45, 2.75) is 25.8 Å². The Labute approximate surface area is 111 Å². The lowest BCUT2D eigenvalue weighted by Gasteiger charge is -2.33. The molecular formula is C13H17N3O3. The molecule has 2 heterocycles. The van der Waals surface area contributed by atoms with E-state index in [-0.39, 0.29) is 6.04 Å². The molecule has 0 spiro atoms. The van der Waals surface area contributed by atoms with Crippen LogP contribution in [0.2, 0.25) is 0 Å². The summed E-state index contributed by atoms with van der Waals surface area (Å²) in [6.45, 7) is 3.45. The smallest absolute Gasteiger partial charge is 0.404 e. The predicted octanol–water partition coefficient (Wildman–Crippen LogP) is 1.44. The third kappa shape index (κ3) is 3.21. The number of pyridine rings is 1. The first kappa shape index (κ1) is 13.3. The molecule has 6 heteroatoms. The number of amides is 1. The van der Waals surface area contributed by atoms with Crippen LogP contribution in [0.5, 0.6) is 0 Å². The molecule has 1 amide bonds. The maximum atomic E-state index is 10.7. The number of aryl methyl sites for hydroxylation is 1. The molecule has 1 saturated heterocycles. The number of piperidine rings is 1. The van der Waals surface area contributed by atoms with Crippen LogP contribution in [0.4, 0.5) is 10.6 Å². The summed E-state index contributed by atoms with van der Waals surface area (Å²) in [7, 11) is 0. The molecule has 19 heavy (non-hydrogen) atoms. The molecule has 2 rings (SSSR count). The van der Waals surface area contributed by atoms with E-state index in [9.17, 15) is 9.59 Å². The quantitative estimate of drug-likeness (QED) is 0.806. The number of carbonyl (C=O) groups is 2. The van der Waals surface area contributed by atoms with E-state index in [1.165, 1.54) is 0 Å². The van der Waals surface area contributed by atoms with Crippen LogP contribution in [0.15, 0.2) is 12.3 Å². The molecule has 102 valence electrons. The minimum atomic E-state index is -0.969.